The maximum atomic E-state index is 12.7. The van der Waals surface area contributed by atoms with Gasteiger partial charge in [0.1, 0.15) is 11.4 Å². The molecule has 5 nitrogen and oxygen atoms in total. The van der Waals surface area contributed by atoms with Crippen LogP contribution in [0.25, 0.3) is 22.7 Å². The van der Waals surface area contributed by atoms with Crippen LogP contribution in [0.15, 0.2) is 77.4 Å². The molecule has 0 saturated carbocycles. The smallest absolute Gasteiger partial charge is 0.354 e. The van der Waals surface area contributed by atoms with Crippen LogP contribution in [0.2, 0.25) is 0 Å². The Hall–Kier alpha value is -3.68. The zero-order valence-electron chi connectivity index (χ0n) is 14.2. The van der Waals surface area contributed by atoms with E-state index in [-0.39, 0.29) is 5.56 Å². The van der Waals surface area contributed by atoms with E-state index in [1.54, 1.807) is 12.1 Å². The standard InChI is InChI=1S/C20H12F3N3O2/c21-20(22,23)15-8-6-14(7-9-15)19(27)26-17(10-11-24-26)18-12-16(25-28-18)13-4-2-1-3-5-13/h1-12H. The third kappa shape index (κ3) is 3.32. The van der Waals surface area contributed by atoms with Gasteiger partial charge in [0.05, 0.1) is 11.8 Å². The third-order valence-corrected chi connectivity index (χ3v) is 4.13. The highest BCUT2D eigenvalue weighted by Crippen LogP contribution is 2.30. The molecule has 0 unspecified atom stereocenters. The lowest BCUT2D eigenvalue weighted by Gasteiger charge is -2.08. The van der Waals surface area contributed by atoms with Gasteiger partial charge in [0, 0.05) is 17.2 Å². The van der Waals surface area contributed by atoms with Gasteiger partial charge in [0.15, 0.2) is 5.76 Å². The molecule has 0 atom stereocenters. The second-order valence-corrected chi connectivity index (χ2v) is 5.95. The van der Waals surface area contributed by atoms with Gasteiger partial charge in [-0.15, -0.1) is 0 Å². The van der Waals surface area contributed by atoms with E-state index >= 15 is 0 Å². The van der Waals surface area contributed by atoms with E-state index in [4.69, 9.17) is 4.52 Å². The van der Waals surface area contributed by atoms with Crippen molar-refractivity contribution >= 4 is 5.91 Å². The van der Waals surface area contributed by atoms with E-state index in [1.807, 2.05) is 30.3 Å². The molecule has 28 heavy (non-hydrogen) atoms. The summed E-state index contributed by atoms with van der Waals surface area (Å²) in [6, 6.07) is 16.5. The predicted octanol–water partition coefficient (Wildman–Crippen LogP) is 4.91. The van der Waals surface area contributed by atoms with Gasteiger partial charge in [-0.25, -0.2) is 0 Å². The minimum Gasteiger partial charge on any atom is -0.354 e. The highest BCUT2D eigenvalue weighted by Gasteiger charge is 2.30. The van der Waals surface area contributed by atoms with Crippen molar-refractivity contribution < 1.29 is 22.5 Å². The zero-order chi connectivity index (χ0) is 19.7. The molecule has 4 rings (SSSR count). The number of carbonyl (C=O) groups is 1. The summed E-state index contributed by atoms with van der Waals surface area (Å²) in [6.45, 7) is 0. The SMILES string of the molecule is O=C(c1ccc(C(F)(F)F)cc1)n1nccc1-c1cc(-c2ccccc2)no1. The van der Waals surface area contributed by atoms with Gasteiger partial charge in [-0.1, -0.05) is 35.5 Å². The molecule has 0 aliphatic rings. The van der Waals surface area contributed by atoms with E-state index in [2.05, 4.69) is 10.3 Å². The Morgan fingerprint density at radius 2 is 1.68 bits per heavy atom. The lowest BCUT2D eigenvalue weighted by atomic mass is 10.1. The molecule has 0 spiro atoms. The van der Waals surface area contributed by atoms with E-state index in [0.717, 1.165) is 34.5 Å². The summed E-state index contributed by atoms with van der Waals surface area (Å²) in [5.74, 6) is -0.261. The summed E-state index contributed by atoms with van der Waals surface area (Å²) in [5, 5.41) is 7.98. The van der Waals surface area contributed by atoms with Crippen molar-refractivity contribution in [3.63, 3.8) is 0 Å². The number of hydrogen-bond acceptors (Lipinski definition) is 4. The molecule has 0 radical (unpaired) electrons. The molecule has 0 saturated heterocycles. The van der Waals surface area contributed by atoms with Crippen LogP contribution in [-0.2, 0) is 6.18 Å². The van der Waals surface area contributed by atoms with Gasteiger partial charge in [0.2, 0.25) is 0 Å². The molecule has 2 aromatic heterocycles. The van der Waals surface area contributed by atoms with Crippen molar-refractivity contribution in [1.82, 2.24) is 14.9 Å². The molecule has 0 aliphatic carbocycles. The van der Waals surface area contributed by atoms with Crippen molar-refractivity contribution in [2.24, 2.45) is 0 Å². The Morgan fingerprint density at radius 1 is 0.964 bits per heavy atom. The van der Waals surface area contributed by atoms with Crippen LogP contribution in [-0.4, -0.2) is 20.8 Å². The highest BCUT2D eigenvalue weighted by molar-refractivity contribution is 5.97. The summed E-state index contributed by atoms with van der Waals surface area (Å²) in [4.78, 5) is 12.7. The van der Waals surface area contributed by atoms with Gasteiger partial charge in [0.25, 0.3) is 5.91 Å². The number of benzene rings is 2. The third-order valence-electron chi connectivity index (χ3n) is 4.13. The van der Waals surface area contributed by atoms with Gasteiger partial charge in [-0.05, 0) is 30.3 Å². The average Bonchev–Trinajstić information content (AvgIpc) is 3.37. The molecular formula is C20H12F3N3O2. The van der Waals surface area contributed by atoms with Gasteiger partial charge in [-0.3, -0.25) is 4.79 Å². The molecule has 140 valence electrons. The Labute approximate surface area is 157 Å². The minimum atomic E-state index is -4.47. The topological polar surface area (TPSA) is 60.9 Å². The number of hydrogen-bond donors (Lipinski definition) is 0. The maximum Gasteiger partial charge on any atom is 0.416 e. The number of halogens is 3. The fraction of sp³-hybridized carbons (Fsp3) is 0.0500. The fourth-order valence-electron chi connectivity index (χ4n) is 2.72. The van der Waals surface area contributed by atoms with Crippen molar-refractivity contribution in [3.8, 4) is 22.7 Å². The van der Waals surface area contributed by atoms with Crippen molar-refractivity contribution in [3.05, 3.63) is 84.1 Å². The lowest BCUT2D eigenvalue weighted by Crippen LogP contribution is -2.15. The first-order valence-electron chi connectivity index (χ1n) is 8.22. The summed E-state index contributed by atoms with van der Waals surface area (Å²) >= 11 is 0. The summed E-state index contributed by atoms with van der Waals surface area (Å²) in [5.41, 5.74) is 1.02. The fourth-order valence-corrected chi connectivity index (χ4v) is 2.72. The maximum absolute atomic E-state index is 12.7. The highest BCUT2D eigenvalue weighted by atomic mass is 19.4. The number of aromatic nitrogens is 3. The number of rotatable bonds is 3. The first-order chi connectivity index (χ1) is 13.4. The van der Waals surface area contributed by atoms with Crippen LogP contribution in [0, 0.1) is 0 Å². The number of nitrogens with zero attached hydrogens (tertiary/aromatic N) is 3. The molecule has 0 amide bonds. The molecule has 0 N–H and O–H groups in total. The summed E-state index contributed by atoms with van der Waals surface area (Å²) in [7, 11) is 0. The first kappa shape index (κ1) is 17.7. The Morgan fingerprint density at radius 3 is 2.36 bits per heavy atom. The lowest BCUT2D eigenvalue weighted by molar-refractivity contribution is -0.137. The van der Waals surface area contributed by atoms with Gasteiger partial charge < -0.3 is 4.52 Å². The minimum absolute atomic E-state index is 0.0701. The van der Waals surface area contributed by atoms with E-state index in [0.29, 0.717) is 17.1 Å². The summed E-state index contributed by atoms with van der Waals surface area (Å²) < 4.78 is 44.5. The number of alkyl halides is 3. The second-order valence-electron chi connectivity index (χ2n) is 5.95. The Bertz CT molecular complexity index is 1110. The van der Waals surface area contributed by atoms with Crippen molar-refractivity contribution in [2.45, 2.75) is 6.18 Å². The van der Waals surface area contributed by atoms with Crippen LogP contribution in [0.3, 0.4) is 0 Å². The molecule has 2 heterocycles. The zero-order valence-corrected chi connectivity index (χ0v) is 14.2. The molecule has 4 aromatic rings. The molecule has 0 fully saturated rings. The van der Waals surface area contributed by atoms with E-state index in [9.17, 15) is 18.0 Å². The normalized spacial score (nSPS) is 11.5. The Balaban J connectivity index is 1.64. The quantitative estimate of drug-likeness (QED) is 0.504. The monoisotopic (exact) mass is 383 g/mol. The Kier molecular flexibility index (Phi) is 4.31. The molecule has 0 bridgehead atoms. The van der Waals surface area contributed by atoms with Crippen LogP contribution >= 0.6 is 0 Å². The largest absolute Gasteiger partial charge is 0.416 e. The molecule has 2 aromatic carbocycles. The summed E-state index contributed by atoms with van der Waals surface area (Å²) in [6.07, 6.45) is -3.06. The van der Waals surface area contributed by atoms with Gasteiger partial charge >= 0.3 is 6.18 Å². The van der Waals surface area contributed by atoms with E-state index in [1.165, 1.54) is 6.20 Å². The van der Waals surface area contributed by atoms with E-state index < -0.39 is 17.6 Å². The molecule has 0 aliphatic heterocycles. The van der Waals surface area contributed by atoms with Crippen molar-refractivity contribution in [2.75, 3.05) is 0 Å². The van der Waals surface area contributed by atoms with Crippen molar-refractivity contribution in [1.29, 1.82) is 0 Å². The second kappa shape index (κ2) is 6.80. The van der Waals surface area contributed by atoms with Crippen LogP contribution < -0.4 is 0 Å². The first-order valence-corrected chi connectivity index (χ1v) is 8.22. The predicted molar refractivity (Wildman–Crippen MR) is 94.3 cm³/mol. The van der Waals surface area contributed by atoms with Crippen LogP contribution in [0.1, 0.15) is 15.9 Å². The molecule has 8 heteroatoms. The van der Waals surface area contributed by atoms with Gasteiger partial charge in [-0.2, -0.15) is 23.0 Å². The van der Waals surface area contributed by atoms with Crippen LogP contribution in [0.5, 0.6) is 0 Å². The van der Waals surface area contributed by atoms with Crippen LogP contribution in [0.4, 0.5) is 13.2 Å². The number of carbonyl (C=O) groups excluding carboxylic acids is 1. The average molecular weight is 383 g/mol. The molecular weight excluding hydrogens is 371 g/mol.